The monoisotopic (exact) mass is 249 g/mol. The van der Waals surface area contributed by atoms with Crippen LogP contribution in [0.5, 0.6) is 0 Å². The van der Waals surface area contributed by atoms with Crippen LogP contribution < -0.4 is 4.90 Å². The lowest BCUT2D eigenvalue weighted by atomic mass is 10.1. The standard InChI is InChI=1S/C14H23N3O/c1-11-9-12(16(2)3)10-13(15-11)14-5-4-6-17(14)7-8-18/h9-10,14,18H,4-8H2,1-3H3/t14-/m0/s1. The molecule has 2 rings (SSSR count). The van der Waals surface area contributed by atoms with Gasteiger partial charge in [0.25, 0.3) is 0 Å². The first kappa shape index (κ1) is 13.3. The van der Waals surface area contributed by atoms with Crippen LogP contribution in [0.3, 0.4) is 0 Å². The van der Waals surface area contributed by atoms with Crippen molar-refractivity contribution in [1.82, 2.24) is 9.88 Å². The van der Waals surface area contributed by atoms with E-state index >= 15 is 0 Å². The van der Waals surface area contributed by atoms with Gasteiger partial charge in [0.1, 0.15) is 0 Å². The molecule has 1 aliphatic rings. The fourth-order valence-electron chi connectivity index (χ4n) is 2.66. The Hall–Kier alpha value is -1.13. The van der Waals surface area contributed by atoms with E-state index in [1.165, 1.54) is 12.1 Å². The maximum atomic E-state index is 9.12. The summed E-state index contributed by atoms with van der Waals surface area (Å²) in [5.74, 6) is 0. The van der Waals surface area contributed by atoms with Crippen molar-refractivity contribution in [2.75, 3.05) is 38.7 Å². The Morgan fingerprint density at radius 3 is 2.89 bits per heavy atom. The summed E-state index contributed by atoms with van der Waals surface area (Å²) in [4.78, 5) is 9.13. The van der Waals surface area contributed by atoms with Crippen molar-refractivity contribution in [2.45, 2.75) is 25.8 Å². The summed E-state index contributed by atoms with van der Waals surface area (Å²) >= 11 is 0. The predicted octanol–water partition coefficient (Wildman–Crippen LogP) is 1.59. The number of aromatic nitrogens is 1. The van der Waals surface area contributed by atoms with E-state index in [0.29, 0.717) is 6.04 Å². The number of pyridine rings is 1. The van der Waals surface area contributed by atoms with Gasteiger partial charge >= 0.3 is 0 Å². The largest absolute Gasteiger partial charge is 0.395 e. The summed E-state index contributed by atoms with van der Waals surface area (Å²) in [6, 6.07) is 4.65. The Bertz CT molecular complexity index is 406. The Kier molecular flexibility index (Phi) is 4.19. The summed E-state index contributed by atoms with van der Waals surface area (Å²) in [6.45, 7) is 4.08. The fraction of sp³-hybridized carbons (Fsp3) is 0.643. The molecule has 0 spiro atoms. The van der Waals surface area contributed by atoms with Crippen molar-refractivity contribution in [3.63, 3.8) is 0 Å². The van der Waals surface area contributed by atoms with Crippen LogP contribution in [0.25, 0.3) is 0 Å². The van der Waals surface area contributed by atoms with Gasteiger partial charge in [0.2, 0.25) is 0 Å². The minimum Gasteiger partial charge on any atom is -0.395 e. The Morgan fingerprint density at radius 2 is 2.22 bits per heavy atom. The molecule has 1 aromatic rings. The van der Waals surface area contributed by atoms with Gasteiger partial charge in [-0.3, -0.25) is 9.88 Å². The zero-order chi connectivity index (χ0) is 13.1. The number of hydrogen-bond acceptors (Lipinski definition) is 4. The second-order valence-electron chi connectivity index (χ2n) is 5.20. The van der Waals surface area contributed by atoms with Gasteiger partial charge in [0.05, 0.1) is 18.3 Å². The zero-order valence-electron chi connectivity index (χ0n) is 11.6. The molecule has 0 unspecified atom stereocenters. The summed E-state index contributed by atoms with van der Waals surface area (Å²) in [5.41, 5.74) is 3.41. The molecule has 4 heteroatoms. The minimum absolute atomic E-state index is 0.225. The number of likely N-dealkylation sites (tertiary alicyclic amines) is 1. The third-order valence-electron chi connectivity index (χ3n) is 3.57. The molecule has 1 aromatic heterocycles. The van der Waals surface area contributed by atoms with Gasteiger partial charge in [-0.25, -0.2) is 0 Å². The molecule has 0 bridgehead atoms. The summed E-state index contributed by atoms with van der Waals surface area (Å²) < 4.78 is 0. The van der Waals surface area contributed by atoms with E-state index in [1.54, 1.807) is 0 Å². The molecule has 2 heterocycles. The topological polar surface area (TPSA) is 39.6 Å². The number of rotatable bonds is 4. The molecule has 0 saturated carbocycles. The van der Waals surface area contributed by atoms with Gasteiger partial charge in [0.15, 0.2) is 0 Å². The van der Waals surface area contributed by atoms with Crippen molar-refractivity contribution in [3.8, 4) is 0 Å². The molecule has 1 atom stereocenters. The number of aliphatic hydroxyl groups is 1. The second kappa shape index (κ2) is 5.67. The van der Waals surface area contributed by atoms with E-state index in [0.717, 1.165) is 30.9 Å². The van der Waals surface area contributed by atoms with Gasteiger partial charge in [-0.2, -0.15) is 0 Å². The molecular weight excluding hydrogens is 226 g/mol. The van der Waals surface area contributed by atoms with Crippen LogP contribution in [0.2, 0.25) is 0 Å². The van der Waals surface area contributed by atoms with Gasteiger partial charge < -0.3 is 10.0 Å². The second-order valence-corrected chi connectivity index (χ2v) is 5.20. The molecular formula is C14H23N3O. The average Bonchev–Trinajstić information content (AvgIpc) is 2.77. The Labute approximate surface area is 109 Å². The highest BCUT2D eigenvalue weighted by atomic mass is 16.3. The number of aryl methyl sites for hydroxylation is 1. The van der Waals surface area contributed by atoms with Crippen LogP contribution in [-0.4, -0.2) is 48.8 Å². The van der Waals surface area contributed by atoms with Crippen LogP contribution >= 0.6 is 0 Å². The van der Waals surface area contributed by atoms with Gasteiger partial charge in [-0.05, 0) is 38.4 Å². The van der Waals surface area contributed by atoms with E-state index in [2.05, 4.69) is 41.0 Å². The molecule has 0 aromatic carbocycles. The molecule has 0 aliphatic carbocycles. The molecule has 1 saturated heterocycles. The van der Waals surface area contributed by atoms with E-state index in [1.807, 2.05) is 6.92 Å². The van der Waals surface area contributed by atoms with Crippen LogP contribution in [0.4, 0.5) is 5.69 Å². The highest BCUT2D eigenvalue weighted by molar-refractivity contribution is 5.47. The molecule has 1 N–H and O–H groups in total. The fourth-order valence-corrected chi connectivity index (χ4v) is 2.66. The molecule has 100 valence electrons. The quantitative estimate of drug-likeness (QED) is 0.879. The van der Waals surface area contributed by atoms with Crippen molar-refractivity contribution in [1.29, 1.82) is 0 Å². The summed E-state index contributed by atoms with van der Waals surface area (Å²) in [5, 5.41) is 9.12. The van der Waals surface area contributed by atoms with E-state index < -0.39 is 0 Å². The third kappa shape index (κ3) is 2.82. The van der Waals surface area contributed by atoms with Crippen LogP contribution in [0.1, 0.15) is 30.3 Å². The van der Waals surface area contributed by atoms with E-state index in [-0.39, 0.29) is 6.61 Å². The highest BCUT2D eigenvalue weighted by Gasteiger charge is 2.26. The van der Waals surface area contributed by atoms with E-state index in [9.17, 15) is 0 Å². The SMILES string of the molecule is Cc1cc(N(C)C)cc([C@@H]2CCCN2CCO)n1. The van der Waals surface area contributed by atoms with Crippen molar-refractivity contribution < 1.29 is 5.11 Å². The summed E-state index contributed by atoms with van der Waals surface area (Å²) in [6.07, 6.45) is 2.33. The number of β-amino-alcohol motifs (C(OH)–C–C–N with tert-alkyl or cyclic N) is 1. The number of hydrogen-bond donors (Lipinski definition) is 1. The van der Waals surface area contributed by atoms with Gasteiger partial charge in [-0.15, -0.1) is 0 Å². The summed E-state index contributed by atoms with van der Waals surface area (Å²) in [7, 11) is 4.11. The number of anilines is 1. The maximum absolute atomic E-state index is 9.12. The van der Waals surface area contributed by atoms with E-state index in [4.69, 9.17) is 5.11 Å². The van der Waals surface area contributed by atoms with Gasteiger partial charge in [-0.1, -0.05) is 0 Å². The Morgan fingerprint density at radius 1 is 1.44 bits per heavy atom. The number of aliphatic hydroxyl groups excluding tert-OH is 1. The lowest BCUT2D eigenvalue weighted by Crippen LogP contribution is -2.27. The smallest absolute Gasteiger partial charge is 0.0599 e. The molecule has 1 aliphatic heterocycles. The predicted molar refractivity (Wildman–Crippen MR) is 73.9 cm³/mol. The van der Waals surface area contributed by atoms with Crippen LogP contribution in [-0.2, 0) is 0 Å². The van der Waals surface area contributed by atoms with Crippen molar-refractivity contribution in [3.05, 3.63) is 23.5 Å². The lowest BCUT2D eigenvalue weighted by molar-refractivity contribution is 0.183. The normalized spacial score (nSPS) is 20.3. The lowest BCUT2D eigenvalue weighted by Gasteiger charge is -2.24. The molecule has 4 nitrogen and oxygen atoms in total. The van der Waals surface area contributed by atoms with Crippen molar-refractivity contribution >= 4 is 5.69 Å². The van der Waals surface area contributed by atoms with Crippen LogP contribution in [0.15, 0.2) is 12.1 Å². The maximum Gasteiger partial charge on any atom is 0.0599 e. The number of nitrogens with zero attached hydrogens (tertiary/aromatic N) is 3. The third-order valence-corrected chi connectivity index (χ3v) is 3.57. The molecule has 0 radical (unpaired) electrons. The highest BCUT2D eigenvalue weighted by Crippen LogP contribution is 2.32. The molecule has 1 fully saturated rings. The van der Waals surface area contributed by atoms with Crippen molar-refractivity contribution in [2.24, 2.45) is 0 Å². The zero-order valence-corrected chi connectivity index (χ0v) is 11.6. The average molecular weight is 249 g/mol. The van der Waals surface area contributed by atoms with Gasteiger partial charge in [0, 0.05) is 32.0 Å². The minimum atomic E-state index is 0.225. The first-order chi connectivity index (χ1) is 8.61. The van der Waals surface area contributed by atoms with Crippen LogP contribution in [0, 0.1) is 6.92 Å². The Balaban J connectivity index is 2.26. The first-order valence-electron chi connectivity index (χ1n) is 6.62. The first-order valence-corrected chi connectivity index (χ1v) is 6.62. The molecule has 18 heavy (non-hydrogen) atoms. The molecule has 0 amide bonds.